The van der Waals surface area contributed by atoms with Crippen LogP contribution in [0.4, 0.5) is 0 Å². The van der Waals surface area contributed by atoms with Crippen LogP contribution in [0, 0.1) is 22.7 Å². The predicted octanol–water partition coefficient (Wildman–Crippen LogP) is 3.12. The topological polar surface area (TPSA) is 119 Å². The van der Waals surface area contributed by atoms with E-state index in [1.807, 2.05) is 19.9 Å². The summed E-state index contributed by atoms with van der Waals surface area (Å²) in [6, 6.07) is 5.29. The summed E-state index contributed by atoms with van der Waals surface area (Å²) in [5.74, 6) is 0.0353. The number of nitrogens with zero attached hydrogens (tertiary/aromatic N) is 1. The van der Waals surface area contributed by atoms with Gasteiger partial charge in [-0.1, -0.05) is 13.8 Å². The van der Waals surface area contributed by atoms with Crippen LogP contribution in [0.25, 0.3) is 11.3 Å². The maximum Gasteiger partial charge on any atom is 0.343 e. The Morgan fingerprint density at radius 1 is 1.29 bits per heavy atom. The molecule has 1 aliphatic heterocycles. The fourth-order valence-electron chi connectivity index (χ4n) is 7.24. The molecule has 0 unspecified atom stereocenters. The third kappa shape index (κ3) is 3.52. The molecule has 0 spiro atoms. The van der Waals surface area contributed by atoms with Crippen LogP contribution in [0.2, 0.25) is 0 Å². The second-order valence-electron chi connectivity index (χ2n) is 11.1. The molecule has 3 aliphatic rings. The van der Waals surface area contributed by atoms with Gasteiger partial charge in [0.05, 0.1) is 18.3 Å². The number of pyridine rings is 1. The number of carbonyl (C=O) groups is 1. The van der Waals surface area contributed by atoms with E-state index in [2.05, 4.69) is 11.9 Å². The van der Waals surface area contributed by atoms with Gasteiger partial charge in [0, 0.05) is 42.3 Å². The molecule has 3 heterocycles. The van der Waals surface area contributed by atoms with Gasteiger partial charge in [-0.2, -0.15) is 0 Å². The van der Waals surface area contributed by atoms with Crippen molar-refractivity contribution >= 4 is 5.97 Å². The number of fused-ring (bicyclic) bond motifs is 4. The van der Waals surface area contributed by atoms with Crippen molar-refractivity contribution in [3.8, 4) is 17.1 Å². The van der Waals surface area contributed by atoms with Gasteiger partial charge in [-0.3, -0.25) is 9.78 Å². The van der Waals surface area contributed by atoms with Gasteiger partial charge in [0.25, 0.3) is 0 Å². The van der Waals surface area contributed by atoms with Crippen molar-refractivity contribution in [1.29, 1.82) is 0 Å². The van der Waals surface area contributed by atoms with Gasteiger partial charge in [-0.05, 0) is 56.1 Å². The van der Waals surface area contributed by atoms with E-state index in [9.17, 15) is 19.8 Å². The Morgan fingerprint density at radius 3 is 2.71 bits per heavy atom. The monoisotopic (exact) mass is 483 g/mol. The van der Waals surface area contributed by atoms with Gasteiger partial charge in [-0.25, -0.2) is 4.79 Å². The van der Waals surface area contributed by atoms with Gasteiger partial charge in [0.2, 0.25) is 0 Å². The first-order chi connectivity index (χ1) is 16.5. The van der Waals surface area contributed by atoms with Crippen LogP contribution in [0.3, 0.4) is 0 Å². The summed E-state index contributed by atoms with van der Waals surface area (Å²) in [4.78, 5) is 29.4. The number of aliphatic hydroxyl groups excluding tert-OH is 2. The smallest absolute Gasteiger partial charge is 0.343 e. The summed E-state index contributed by atoms with van der Waals surface area (Å²) < 4.78 is 18.2. The highest BCUT2D eigenvalue weighted by Gasteiger charge is 2.67. The number of hydrogen-bond acceptors (Lipinski definition) is 8. The molecule has 188 valence electrons. The van der Waals surface area contributed by atoms with Crippen LogP contribution in [0.1, 0.15) is 52.5 Å². The molecule has 2 N–H and O–H groups in total. The first-order valence-corrected chi connectivity index (χ1v) is 12.3. The Hall–Kier alpha value is -2.71. The third-order valence-corrected chi connectivity index (χ3v) is 9.23. The third-order valence-electron chi connectivity index (χ3n) is 9.23. The summed E-state index contributed by atoms with van der Waals surface area (Å²) in [6.45, 7) is 7.21. The maximum absolute atomic E-state index is 13.2. The highest BCUT2D eigenvalue weighted by Crippen LogP contribution is 2.64. The van der Waals surface area contributed by atoms with Crippen LogP contribution in [0.15, 0.2) is 39.8 Å². The lowest BCUT2D eigenvalue weighted by atomic mass is 9.43. The Bertz CT molecular complexity index is 1200. The summed E-state index contributed by atoms with van der Waals surface area (Å²) in [6.07, 6.45) is 4.07. The van der Waals surface area contributed by atoms with Crippen molar-refractivity contribution < 1.29 is 28.9 Å². The summed E-state index contributed by atoms with van der Waals surface area (Å²) in [7, 11) is 0. The van der Waals surface area contributed by atoms with E-state index in [1.165, 1.54) is 6.92 Å². The van der Waals surface area contributed by atoms with Gasteiger partial charge in [0.1, 0.15) is 23.2 Å². The van der Waals surface area contributed by atoms with Crippen molar-refractivity contribution in [2.75, 3.05) is 6.61 Å². The molecule has 0 saturated heterocycles. The molecule has 2 aromatic heterocycles. The predicted molar refractivity (Wildman–Crippen MR) is 127 cm³/mol. The first kappa shape index (κ1) is 24.0. The quantitative estimate of drug-likeness (QED) is 0.639. The minimum atomic E-state index is -0.900. The Balaban J connectivity index is 1.64. The maximum atomic E-state index is 13.2. The highest BCUT2D eigenvalue weighted by atomic mass is 16.6. The average Bonchev–Trinajstić information content (AvgIpc) is 2.82. The second-order valence-corrected chi connectivity index (χ2v) is 11.1. The largest absolute Gasteiger partial charge is 0.483 e. The van der Waals surface area contributed by atoms with E-state index in [1.54, 1.807) is 24.5 Å². The number of hydrogen-bond donors (Lipinski definition) is 2. The number of aliphatic hydroxyl groups is 2. The molecule has 0 aromatic carbocycles. The van der Waals surface area contributed by atoms with Crippen LogP contribution >= 0.6 is 0 Å². The van der Waals surface area contributed by atoms with Crippen LogP contribution in [-0.2, 0) is 16.0 Å². The molecule has 2 fully saturated rings. The van der Waals surface area contributed by atoms with E-state index in [0.717, 1.165) is 0 Å². The van der Waals surface area contributed by atoms with Crippen LogP contribution in [0.5, 0.6) is 5.75 Å². The molecular formula is C27H33NO7. The van der Waals surface area contributed by atoms with Gasteiger partial charge in [-0.15, -0.1) is 0 Å². The minimum absolute atomic E-state index is 0.141. The zero-order valence-electron chi connectivity index (χ0n) is 20.6. The van der Waals surface area contributed by atoms with Crippen molar-refractivity contribution in [2.24, 2.45) is 22.7 Å². The van der Waals surface area contributed by atoms with E-state index in [0.29, 0.717) is 48.3 Å². The van der Waals surface area contributed by atoms with E-state index >= 15 is 0 Å². The lowest BCUT2D eigenvalue weighted by Gasteiger charge is -2.65. The lowest BCUT2D eigenvalue weighted by Crippen LogP contribution is -2.70. The molecular weight excluding hydrogens is 450 g/mol. The Kier molecular flexibility index (Phi) is 5.60. The summed E-state index contributed by atoms with van der Waals surface area (Å²) in [5.41, 5.74) is -1.37. The number of carbonyl (C=O) groups excluding carboxylic acids is 1. The van der Waals surface area contributed by atoms with Crippen molar-refractivity contribution in [3.05, 3.63) is 46.6 Å². The second kappa shape index (κ2) is 8.17. The molecule has 2 saturated carbocycles. The molecule has 8 nitrogen and oxygen atoms in total. The number of aromatic nitrogens is 1. The van der Waals surface area contributed by atoms with E-state index < -0.39 is 34.8 Å². The standard InChI is InChI=1S/C27H33NO7/c1-15(30)33-23-12-20-25(2,8-7-22(31)26(20,3)14-29)21-10-17-19(35-27(21,23)4)11-18(34-24(17)32)16-6-5-9-28-13-16/h5-6,9,11,13,20-23,29,31H,7-8,10,12,14H2,1-4H3/t20-,21-,22+,23+,25+,26+,27+/m1/s1. The number of rotatable bonds is 3. The fourth-order valence-corrected chi connectivity index (χ4v) is 7.24. The first-order valence-electron chi connectivity index (χ1n) is 12.3. The van der Waals surface area contributed by atoms with E-state index in [4.69, 9.17) is 13.9 Å². The Morgan fingerprint density at radius 2 is 2.06 bits per heavy atom. The molecule has 0 amide bonds. The number of ether oxygens (including phenoxy) is 2. The molecule has 8 heteroatoms. The van der Waals surface area contributed by atoms with Gasteiger partial charge >= 0.3 is 11.6 Å². The van der Waals surface area contributed by atoms with Crippen LogP contribution < -0.4 is 10.4 Å². The SMILES string of the molecule is CC(=O)O[C@H]1C[C@@H]2[C@](C)(CC[C@H](O)[C@@]2(C)CO)[C@H]2Cc3c(cc(-c4cccnc4)oc3=O)O[C@]12C. The zero-order chi connectivity index (χ0) is 25.2. The molecule has 5 rings (SSSR count). The molecule has 0 radical (unpaired) electrons. The molecule has 35 heavy (non-hydrogen) atoms. The highest BCUT2D eigenvalue weighted by molar-refractivity contribution is 5.66. The normalized spacial score (nSPS) is 37.9. The minimum Gasteiger partial charge on any atom is -0.483 e. The van der Waals surface area contributed by atoms with Crippen molar-refractivity contribution in [2.45, 2.75) is 71.2 Å². The number of esters is 1. The molecule has 7 atom stereocenters. The summed E-state index contributed by atoms with van der Waals surface area (Å²) >= 11 is 0. The van der Waals surface area contributed by atoms with E-state index in [-0.39, 0.29) is 23.9 Å². The summed E-state index contributed by atoms with van der Waals surface area (Å²) in [5, 5.41) is 21.3. The zero-order valence-corrected chi connectivity index (χ0v) is 20.6. The van der Waals surface area contributed by atoms with Gasteiger partial charge in [0.15, 0.2) is 0 Å². The van der Waals surface area contributed by atoms with Crippen LogP contribution in [-0.4, -0.2) is 45.6 Å². The molecule has 2 aliphatic carbocycles. The van der Waals surface area contributed by atoms with Crippen molar-refractivity contribution in [3.63, 3.8) is 0 Å². The fraction of sp³-hybridized carbons (Fsp3) is 0.593. The van der Waals surface area contributed by atoms with Gasteiger partial charge < -0.3 is 24.1 Å². The van der Waals surface area contributed by atoms with Crippen molar-refractivity contribution in [1.82, 2.24) is 4.98 Å². The average molecular weight is 484 g/mol. The Labute approximate surface area is 204 Å². The lowest BCUT2D eigenvalue weighted by molar-refractivity contribution is -0.246. The molecule has 2 aromatic rings. The molecule has 0 bridgehead atoms.